The highest BCUT2D eigenvalue weighted by molar-refractivity contribution is 5.87. The summed E-state index contributed by atoms with van der Waals surface area (Å²) in [6.07, 6.45) is -0.246. The molecule has 3 unspecified atom stereocenters. The fourth-order valence-electron chi connectivity index (χ4n) is 8.88. The first kappa shape index (κ1) is 43.4. The van der Waals surface area contributed by atoms with Gasteiger partial charge in [0.25, 0.3) is 0 Å². The predicted octanol–water partition coefficient (Wildman–Crippen LogP) is 7.66. The Bertz CT molecular complexity index is 2480. The molecule has 326 valence electrons. The standard InChI is InChI=1S/C53H52N4O7/c58-32-37(55-51(60)49(31-36-18-5-2-6-19-36)57-53(62)64-34-47-44-27-13-9-23-40(44)41-24-10-14-28-45(41)47)20-15-29-54-50(59)48(30-35-16-3-1-4-17-35)56-52(61)63-33-46-42-25-11-7-21-38(42)39-22-8-12-26-43(39)46/h1-14,16-19,21-28,37,46-49,58H,15,20,29-34H2,(H,54,59)(H,55,60)(H,56,61)(H,57,62). The summed E-state index contributed by atoms with van der Waals surface area (Å²) in [6, 6.07) is 48.5. The van der Waals surface area contributed by atoms with Crippen LogP contribution in [0.3, 0.4) is 0 Å². The first-order valence-corrected chi connectivity index (χ1v) is 21.9. The number of fused-ring (bicyclic) bond motifs is 6. The molecule has 5 N–H and O–H groups in total. The maximum Gasteiger partial charge on any atom is 0.407 e. The van der Waals surface area contributed by atoms with E-state index in [1.807, 2.05) is 133 Å². The van der Waals surface area contributed by atoms with Crippen LogP contribution in [0, 0.1) is 0 Å². The molecule has 6 aromatic rings. The lowest BCUT2D eigenvalue weighted by molar-refractivity contribution is -0.124. The second-order valence-electron chi connectivity index (χ2n) is 16.2. The summed E-state index contributed by atoms with van der Waals surface area (Å²) < 4.78 is 11.6. The Morgan fingerprint density at radius 1 is 0.484 bits per heavy atom. The smallest absolute Gasteiger partial charge is 0.407 e. The van der Waals surface area contributed by atoms with Crippen molar-refractivity contribution in [1.82, 2.24) is 21.3 Å². The molecule has 0 aliphatic heterocycles. The van der Waals surface area contributed by atoms with Crippen molar-refractivity contribution in [1.29, 1.82) is 0 Å². The molecule has 0 aromatic heterocycles. The molecule has 0 heterocycles. The lowest BCUT2D eigenvalue weighted by Gasteiger charge is -2.23. The normalized spacial score (nSPS) is 13.8. The number of hydrogen-bond acceptors (Lipinski definition) is 7. The molecule has 4 amide bonds. The summed E-state index contributed by atoms with van der Waals surface area (Å²) >= 11 is 0. The Morgan fingerprint density at radius 2 is 0.859 bits per heavy atom. The van der Waals surface area contributed by atoms with Crippen LogP contribution >= 0.6 is 0 Å². The second kappa shape index (κ2) is 20.8. The summed E-state index contributed by atoms with van der Waals surface area (Å²) in [4.78, 5) is 54.1. The van der Waals surface area contributed by atoms with Crippen molar-refractivity contribution in [3.05, 3.63) is 191 Å². The van der Waals surface area contributed by atoms with Crippen molar-refractivity contribution in [2.45, 2.75) is 55.6 Å². The first-order chi connectivity index (χ1) is 31.4. The lowest BCUT2D eigenvalue weighted by atomic mass is 9.98. The van der Waals surface area contributed by atoms with E-state index in [-0.39, 0.29) is 51.0 Å². The molecule has 0 bridgehead atoms. The van der Waals surface area contributed by atoms with Gasteiger partial charge in [0.05, 0.1) is 12.6 Å². The van der Waals surface area contributed by atoms with Gasteiger partial charge in [0.1, 0.15) is 25.3 Å². The molecular weight excluding hydrogens is 805 g/mol. The fourth-order valence-corrected chi connectivity index (χ4v) is 8.88. The van der Waals surface area contributed by atoms with Crippen LogP contribution in [0.15, 0.2) is 158 Å². The van der Waals surface area contributed by atoms with Gasteiger partial charge in [0, 0.05) is 31.2 Å². The average molecular weight is 857 g/mol. The molecule has 11 heteroatoms. The van der Waals surface area contributed by atoms with Gasteiger partial charge in [-0.15, -0.1) is 0 Å². The molecule has 0 saturated heterocycles. The van der Waals surface area contributed by atoms with Crippen LogP contribution in [-0.4, -0.2) is 73.6 Å². The van der Waals surface area contributed by atoms with Gasteiger partial charge in [0.15, 0.2) is 0 Å². The zero-order valence-electron chi connectivity index (χ0n) is 35.5. The van der Waals surface area contributed by atoms with Crippen molar-refractivity contribution in [3.8, 4) is 22.3 Å². The highest BCUT2D eigenvalue weighted by atomic mass is 16.6. The number of ether oxygens (including phenoxy) is 2. The molecule has 2 aliphatic rings. The molecule has 2 aliphatic carbocycles. The summed E-state index contributed by atoms with van der Waals surface area (Å²) in [5.41, 5.74) is 10.5. The first-order valence-electron chi connectivity index (χ1n) is 21.9. The maximum absolute atomic E-state index is 13.8. The van der Waals surface area contributed by atoms with Crippen LogP contribution in [0.2, 0.25) is 0 Å². The number of alkyl carbamates (subject to hydrolysis) is 2. The van der Waals surface area contributed by atoms with Crippen LogP contribution in [0.5, 0.6) is 0 Å². The van der Waals surface area contributed by atoms with E-state index in [4.69, 9.17) is 9.47 Å². The molecule has 11 nitrogen and oxygen atoms in total. The number of hydrogen-bond donors (Lipinski definition) is 5. The minimum absolute atomic E-state index is 0.0952. The van der Waals surface area contributed by atoms with Gasteiger partial charge >= 0.3 is 12.2 Å². The molecule has 6 aromatic carbocycles. The molecule has 3 atom stereocenters. The van der Waals surface area contributed by atoms with Gasteiger partial charge in [-0.05, 0) is 68.5 Å². The number of rotatable bonds is 18. The van der Waals surface area contributed by atoms with E-state index >= 15 is 0 Å². The highest BCUT2D eigenvalue weighted by Gasteiger charge is 2.32. The number of benzene rings is 6. The monoisotopic (exact) mass is 856 g/mol. The summed E-state index contributed by atoms with van der Waals surface area (Å²) in [5.74, 6) is -1.14. The van der Waals surface area contributed by atoms with Gasteiger partial charge in [-0.25, -0.2) is 9.59 Å². The van der Waals surface area contributed by atoms with Crippen molar-refractivity contribution in [3.63, 3.8) is 0 Å². The SMILES string of the molecule is O=C(NC(Cc1ccccc1)C(=O)NCCCC(CO)NC(=O)C(Cc1ccccc1)NC(=O)OCC1c2ccccc2-c2ccccc21)OCC1c2ccccc2-c2ccccc21. The topological polar surface area (TPSA) is 155 Å². The Hall–Kier alpha value is -7.24. The third kappa shape index (κ3) is 10.3. The Kier molecular flexibility index (Phi) is 14.1. The van der Waals surface area contributed by atoms with E-state index in [1.54, 1.807) is 0 Å². The predicted molar refractivity (Wildman–Crippen MR) is 246 cm³/mol. The van der Waals surface area contributed by atoms with Crippen molar-refractivity contribution in [2.75, 3.05) is 26.4 Å². The van der Waals surface area contributed by atoms with E-state index < -0.39 is 42.1 Å². The van der Waals surface area contributed by atoms with E-state index in [9.17, 15) is 24.3 Å². The third-order valence-corrected chi connectivity index (χ3v) is 12.1. The number of carbonyl (C=O) groups excluding carboxylic acids is 4. The van der Waals surface area contributed by atoms with Crippen LogP contribution in [0.4, 0.5) is 9.59 Å². The minimum atomic E-state index is -0.991. The van der Waals surface area contributed by atoms with Crippen molar-refractivity contribution >= 4 is 24.0 Å². The molecule has 0 spiro atoms. The van der Waals surface area contributed by atoms with Crippen LogP contribution in [-0.2, 0) is 31.9 Å². The highest BCUT2D eigenvalue weighted by Crippen LogP contribution is 2.45. The average Bonchev–Trinajstić information content (AvgIpc) is 3.83. The summed E-state index contributed by atoms with van der Waals surface area (Å²) in [5, 5.41) is 21.7. The van der Waals surface area contributed by atoms with E-state index in [1.165, 1.54) is 0 Å². The zero-order chi connectivity index (χ0) is 44.3. The molecule has 0 radical (unpaired) electrons. The Balaban J connectivity index is 0.843. The molecule has 64 heavy (non-hydrogen) atoms. The van der Waals surface area contributed by atoms with Crippen LogP contribution in [0.25, 0.3) is 22.3 Å². The van der Waals surface area contributed by atoms with Gasteiger partial charge < -0.3 is 35.8 Å². The third-order valence-electron chi connectivity index (χ3n) is 12.1. The lowest BCUT2D eigenvalue weighted by Crippen LogP contribution is -2.52. The van der Waals surface area contributed by atoms with Gasteiger partial charge in [-0.3, -0.25) is 9.59 Å². The quantitative estimate of drug-likeness (QED) is 0.0557. The van der Waals surface area contributed by atoms with Gasteiger partial charge in [-0.2, -0.15) is 0 Å². The van der Waals surface area contributed by atoms with E-state index in [2.05, 4.69) is 45.5 Å². The number of aliphatic hydroxyl groups is 1. The summed E-state index contributed by atoms with van der Waals surface area (Å²) in [7, 11) is 0. The molecule has 0 saturated carbocycles. The van der Waals surface area contributed by atoms with Crippen molar-refractivity contribution in [2.24, 2.45) is 0 Å². The maximum atomic E-state index is 13.8. The number of aliphatic hydroxyl groups excluding tert-OH is 1. The molecule has 0 fully saturated rings. The second-order valence-corrected chi connectivity index (χ2v) is 16.2. The Morgan fingerprint density at radius 3 is 1.27 bits per heavy atom. The molecule has 8 rings (SSSR count). The minimum Gasteiger partial charge on any atom is -0.449 e. The number of amides is 4. The number of carbonyl (C=O) groups is 4. The van der Waals surface area contributed by atoms with Gasteiger partial charge in [0.2, 0.25) is 11.8 Å². The Labute approximate surface area is 373 Å². The number of nitrogens with one attached hydrogen (secondary N) is 4. The summed E-state index contributed by atoms with van der Waals surface area (Å²) in [6.45, 7) is 0.0656. The van der Waals surface area contributed by atoms with E-state index in [0.717, 1.165) is 55.6 Å². The largest absolute Gasteiger partial charge is 0.449 e. The van der Waals surface area contributed by atoms with Gasteiger partial charge in [-0.1, -0.05) is 158 Å². The van der Waals surface area contributed by atoms with Crippen molar-refractivity contribution < 1.29 is 33.8 Å². The molecular formula is C53H52N4O7. The van der Waals surface area contributed by atoms with E-state index in [0.29, 0.717) is 12.8 Å². The fraction of sp³-hybridized carbons (Fsp3) is 0.245. The zero-order valence-corrected chi connectivity index (χ0v) is 35.5. The van der Waals surface area contributed by atoms with Crippen LogP contribution < -0.4 is 21.3 Å². The van der Waals surface area contributed by atoms with Crippen LogP contribution in [0.1, 0.15) is 58.1 Å².